The number of amides is 1. The average Bonchev–Trinajstić information content (AvgIpc) is 2.64. The van der Waals surface area contributed by atoms with Crippen LogP contribution in [0.3, 0.4) is 0 Å². The predicted molar refractivity (Wildman–Crippen MR) is 111 cm³/mol. The van der Waals surface area contributed by atoms with Crippen molar-refractivity contribution in [3.05, 3.63) is 59.4 Å². The number of benzene rings is 2. The van der Waals surface area contributed by atoms with Crippen LogP contribution in [0.1, 0.15) is 50.7 Å². The molecule has 0 saturated carbocycles. The van der Waals surface area contributed by atoms with Crippen molar-refractivity contribution in [2.75, 3.05) is 18.5 Å². The summed E-state index contributed by atoms with van der Waals surface area (Å²) in [4.78, 5) is 14.0. The van der Waals surface area contributed by atoms with Crippen LogP contribution < -0.4 is 10.2 Å². The van der Waals surface area contributed by atoms with Gasteiger partial charge >= 0.3 is 6.09 Å². The normalized spacial score (nSPS) is 16.2. The van der Waals surface area contributed by atoms with E-state index in [-0.39, 0.29) is 11.9 Å². The lowest BCUT2D eigenvalue weighted by Gasteiger charge is -2.28. The first-order valence-electron chi connectivity index (χ1n) is 9.82. The van der Waals surface area contributed by atoms with Crippen molar-refractivity contribution < 1.29 is 13.9 Å². The SMILES string of the molecule is CN(c1ccc(F)cc1)c1ccc2c(c1)CCC[C@H]2CNC(=O)OC(C)(C)C. The fraction of sp³-hybridized carbons (Fsp3) is 0.435. The highest BCUT2D eigenvalue weighted by Gasteiger charge is 2.23. The van der Waals surface area contributed by atoms with Gasteiger partial charge in [-0.2, -0.15) is 0 Å². The Hall–Kier alpha value is -2.56. The lowest BCUT2D eigenvalue weighted by atomic mass is 9.82. The highest BCUT2D eigenvalue weighted by Crippen LogP contribution is 2.35. The Labute approximate surface area is 166 Å². The third-order valence-electron chi connectivity index (χ3n) is 5.06. The Kier molecular flexibility index (Phi) is 5.92. The average molecular weight is 384 g/mol. The molecule has 4 nitrogen and oxygen atoms in total. The molecule has 1 atom stereocenters. The van der Waals surface area contributed by atoms with Crippen molar-refractivity contribution in [3.8, 4) is 0 Å². The number of nitrogens with one attached hydrogen (secondary N) is 1. The quantitative estimate of drug-likeness (QED) is 0.753. The molecule has 150 valence electrons. The Bertz CT molecular complexity index is 827. The first kappa shape index (κ1) is 20.2. The number of fused-ring (bicyclic) bond motifs is 1. The number of aryl methyl sites for hydroxylation is 1. The number of nitrogens with zero attached hydrogens (tertiary/aromatic N) is 1. The van der Waals surface area contributed by atoms with Gasteiger partial charge in [0.25, 0.3) is 0 Å². The second kappa shape index (κ2) is 8.21. The van der Waals surface area contributed by atoms with Gasteiger partial charge in [0.2, 0.25) is 0 Å². The van der Waals surface area contributed by atoms with E-state index in [4.69, 9.17) is 4.74 Å². The minimum atomic E-state index is -0.492. The largest absolute Gasteiger partial charge is 0.444 e. The third-order valence-corrected chi connectivity index (χ3v) is 5.06. The van der Waals surface area contributed by atoms with Crippen LogP contribution >= 0.6 is 0 Å². The molecule has 0 fully saturated rings. The van der Waals surface area contributed by atoms with E-state index >= 15 is 0 Å². The van der Waals surface area contributed by atoms with Crippen LogP contribution in [0.5, 0.6) is 0 Å². The number of ether oxygens (including phenoxy) is 1. The lowest BCUT2D eigenvalue weighted by Crippen LogP contribution is -2.35. The monoisotopic (exact) mass is 384 g/mol. The van der Waals surface area contributed by atoms with E-state index in [0.29, 0.717) is 12.5 Å². The van der Waals surface area contributed by atoms with E-state index in [0.717, 1.165) is 30.6 Å². The number of carbonyl (C=O) groups excluding carboxylic acids is 1. The number of hydrogen-bond donors (Lipinski definition) is 1. The van der Waals surface area contributed by atoms with E-state index in [1.165, 1.54) is 23.3 Å². The summed E-state index contributed by atoms with van der Waals surface area (Å²) in [6.45, 7) is 6.17. The maximum absolute atomic E-state index is 13.2. The van der Waals surface area contributed by atoms with E-state index in [2.05, 4.69) is 28.4 Å². The standard InChI is InChI=1S/C23H29FN2O2/c1-23(2,3)28-22(27)25-15-17-7-5-6-16-14-20(12-13-21(16)17)26(4)19-10-8-18(24)9-11-19/h8-14,17H,5-7,15H2,1-4H3,(H,25,27)/t17-/m0/s1. The van der Waals surface area contributed by atoms with Crippen molar-refractivity contribution in [1.29, 1.82) is 0 Å². The number of rotatable bonds is 4. The second-order valence-electron chi connectivity index (χ2n) is 8.39. The molecule has 0 radical (unpaired) electrons. The molecule has 0 aromatic heterocycles. The van der Waals surface area contributed by atoms with Crippen molar-refractivity contribution in [1.82, 2.24) is 5.32 Å². The smallest absolute Gasteiger partial charge is 0.407 e. The highest BCUT2D eigenvalue weighted by molar-refractivity contribution is 5.68. The summed E-state index contributed by atoms with van der Waals surface area (Å²) in [6.07, 6.45) is 2.81. The van der Waals surface area contributed by atoms with Crippen LogP contribution in [0.2, 0.25) is 0 Å². The van der Waals surface area contributed by atoms with Gasteiger partial charge in [0, 0.05) is 30.9 Å². The van der Waals surface area contributed by atoms with Crippen molar-refractivity contribution >= 4 is 17.5 Å². The topological polar surface area (TPSA) is 41.6 Å². The van der Waals surface area contributed by atoms with E-state index in [1.807, 2.05) is 27.8 Å². The van der Waals surface area contributed by atoms with Gasteiger partial charge in [-0.05, 0) is 87.6 Å². The molecule has 0 saturated heterocycles. The zero-order valence-corrected chi connectivity index (χ0v) is 17.1. The summed E-state index contributed by atoms with van der Waals surface area (Å²) in [6, 6.07) is 13.0. The van der Waals surface area contributed by atoms with Gasteiger partial charge in [0.15, 0.2) is 0 Å². The highest BCUT2D eigenvalue weighted by atomic mass is 19.1. The molecular formula is C23H29FN2O2. The minimum absolute atomic E-state index is 0.233. The number of halogens is 1. The maximum Gasteiger partial charge on any atom is 0.407 e. The molecule has 5 heteroatoms. The first-order valence-corrected chi connectivity index (χ1v) is 9.82. The van der Waals surface area contributed by atoms with Gasteiger partial charge in [-0.1, -0.05) is 6.07 Å². The molecule has 3 rings (SSSR count). The van der Waals surface area contributed by atoms with Crippen LogP contribution in [-0.2, 0) is 11.2 Å². The summed E-state index contributed by atoms with van der Waals surface area (Å²) in [5.41, 5.74) is 4.13. The lowest BCUT2D eigenvalue weighted by molar-refractivity contribution is 0.0523. The number of alkyl carbamates (subject to hydrolysis) is 1. The van der Waals surface area contributed by atoms with Crippen LogP contribution in [0.4, 0.5) is 20.6 Å². The maximum atomic E-state index is 13.2. The molecule has 0 aliphatic heterocycles. The van der Waals surface area contributed by atoms with Crippen LogP contribution in [0.25, 0.3) is 0 Å². The van der Waals surface area contributed by atoms with Gasteiger partial charge in [-0.15, -0.1) is 0 Å². The van der Waals surface area contributed by atoms with E-state index in [1.54, 1.807) is 12.1 Å². The Morgan fingerprint density at radius 3 is 2.54 bits per heavy atom. The van der Waals surface area contributed by atoms with Crippen molar-refractivity contribution in [2.45, 2.75) is 51.6 Å². The van der Waals surface area contributed by atoms with Crippen molar-refractivity contribution in [3.63, 3.8) is 0 Å². The summed E-state index contributed by atoms with van der Waals surface area (Å²) >= 11 is 0. The zero-order chi connectivity index (χ0) is 20.3. The Morgan fingerprint density at radius 2 is 1.86 bits per heavy atom. The fourth-order valence-electron chi connectivity index (χ4n) is 3.66. The number of hydrogen-bond acceptors (Lipinski definition) is 3. The van der Waals surface area contributed by atoms with E-state index < -0.39 is 5.60 Å². The Morgan fingerprint density at radius 1 is 1.18 bits per heavy atom. The third kappa shape index (κ3) is 5.03. The molecule has 0 heterocycles. The molecular weight excluding hydrogens is 355 g/mol. The number of carbonyl (C=O) groups is 1. The molecule has 1 aliphatic rings. The summed E-state index contributed by atoms with van der Waals surface area (Å²) in [5.74, 6) is 0.0596. The second-order valence-corrected chi connectivity index (χ2v) is 8.39. The molecule has 0 spiro atoms. The van der Waals surface area contributed by atoms with Crippen LogP contribution in [0, 0.1) is 5.82 Å². The van der Waals surface area contributed by atoms with Gasteiger partial charge in [-0.3, -0.25) is 0 Å². The first-order chi connectivity index (χ1) is 13.2. The molecule has 1 N–H and O–H groups in total. The summed E-state index contributed by atoms with van der Waals surface area (Å²) < 4.78 is 18.5. The van der Waals surface area contributed by atoms with Crippen molar-refractivity contribution in [2.24, 2.45) is 0 Å². The van der Waals surface area contributed by atoms with Crippen LogP contribution in [0.15, 0.2) is 42.5 Å². The van der Waals surface area contributed by atoms with Gasteiger partial charge in [0.1, 0.15) is 11.4 Å². The number of anilines is 2. The van der Waals surface area contributed by atoms with Gasteiger partial charge in [-0.25, -0.2) is 9.18 Å². The molecule has 1 aliphatic carbocycles. The zero-order valence-electron chi connectivity index (χ0n) is 17.1. The molecule has 0 bridgehead atoms. The van der Waals surface area contributed by atoms with Gasteiger partial charge < -0.3 is 15.0 Å². The molecule has 0 unspecified atom stereocenters. The summed E-state index contributed by atoms with van der Waals surface area (Å²) in [7, 11) is 1.99. The van der Waals surface area contributed by atoms with E-state index in [9.17, 15) is 9.18 Å². The minimum Gasteiger partial charge on any atom is -0.444 e. The fourth-order valence-corrected chi connectivity index (χ4v) is 3.66. The summed E-state index contributed by atoms with van der Waals surface area (Å²) in [5, 5.41) is 2.91. The van der Waals surface area contributed by atoms with Gasteiger partial charge in [0.05, 0.1) is 0 Å². The molecule has 2 aromatic carbocycles. The molecule has 28 heavy (non-hydrogen) atoms. The molecule has 1 amide bonds. The van der Waals surface area contributed by atoms with Crippen LogP contribution in [-0.4, -0.2) is 25.3 Å². The predicted octanol–water partition coefficient (Wildman–Crippen LogP) is 5.54. The Balaban J connectivity index is 1.71. The molecule has 2 aromatic rings.